The Kier molecular flexibility index (Phi) is 6.31. The number of carbonyl (C=O) groups is 1. The Morgan fingerprint density at radius 2 is 2.37 bits per heavy atom. The number of nitrogens with zero attached hydrogens (tertiary/aromatic N) is 3. The number of rotatable bonds is 6. The first kappa shape index (κ1) is 14.9. The molecule has 0 atom stereocenters. The fraction of sp³-hybridized carbons (Fsp3) is 0.400. The molecule has 1 aromatic heterocycles. The van der Waals surface area contributed by atoms with E-state index in [4.69, 9.17) is 5.26 Å². The molecule has 1 heterocycles. The number of nitriles is 1. The highest BCUT2D eigenvalue weighted by Gasteiger charge is 2.15. The monoisotopic (exact) mass is 257 g/mol. The third-order valence-corrected chi connectivity index (χ3v) is 2.72. The standard InChI is InChI=1S/C15H19N3O/c1-3-6-13(2)15(19)18(10-5-8-16)12-14-7-4-9-17-11-14/h4,6-7,9,11H,3,5,10,12H2,1-2H3. The summed E-state index contributed by atoms with van der Waals surface area (Å²) in [4.78, 5) is 18.0. The second kappa shape index (κ2) is 8.04. The van der Waals surface area contributed by atoms with E-state index in [0.29, 0.717) is 19.5 Å². The Bertz CT molecular complexity index is 474. The molecule has 1 aromatic rings. The van der Waals surface area contributed by atoms with Crippen molar-refractivity contribution in [2.45, 2.75) is 33.2 Å². The molecule has 0 radical (unpaired) electrons. The van der Waals surface area contributed by atoms with Crippen LogP contribution in [0.4, 0.5) is 0 Å². The third-order valence-electron chi connectivity index (χ3n) is 2.72. The van der Waals surface area contributed by atoms with E-state index in [1.54, 1.807) is 17.3 Å². The van der Waals surface area contributed by atoms with E-state index in [2.05, 4.69) is 11.1 Å². The van der Waals surface area contributed by atoms with Crippen molar-refractivity contribution in [3.8, 4) is 6.07 Å². The van der Waals surface area contributed by atoms with Gasteiger partial charge >= 0.3 is 0 Å². The molecule has 0 unspecified atom stereocenters. The van der Waals surface area contributed by atoms with Crippen molar-refractivity contribution in [2.24, 2.45) is 0 Å². The van der Waals surface area contributed by atoms with Gasteiger partial charge in [-0.2, -0.15) is 5.26 Å². The maximum Gasteiger partial charge on any atom is 0.249 e. The van der Waals surface area contributed by atoms with Crippen LogP contribution in [0.15, 0.2) is 36.2 Å². The number of aromatic nitrogens is 1. The van der Waals surface area contributed by atoms with Gasteiger partial charge in [0.2, 0.25) is 5.91 Å². The molecule has 0 saturated heterocycles. The molecule has 0 aliphatic rings. The van der Waals surface area contributed by atoms with Gasteiger partial charge in [0.05, 0.1) is 12.5 Å². The molecule has 19 heavy (non-hydrogen) atoms. The normalized spacial score (nSPS) is 10.9. The molecule has 4 nitrogen and oxygen atoms in total. The molecule has 0 spiro atoms. The lowest BCUT2D eigenvalue weighted by Crippen LogP contribution is -2.32. The molecule has 0 N–H and O–H groups in total. The van der Waals surface area contributed by atoms with Crippen LogP contribution in [0, 0.1) is 11.3 Å². The lowest BCUT2D eigenvalue weighted by molar-refractivity contribution is -0.127. The van der Waals surface area contributed by atoms with Gasteiger partial charge in [-0.25, -0.2) is 0 Å². The number of hydrogen-bond acceptors (Lipinski definition) is 3. The van der Waals surface area contributed by atoms with Crippen molar-refractivity contribution < 1.29 is 4.79 Å². The molecule has 0 aliphatic heterocycles. The predicted molar refractivity (Wildman–Crippen MR) is 73.9 cm³/mol. The summed E-state index contributed by atoms with van der Waals surface area (Å²) in [6.07, 6.45) is 6.52. The number of pyridine rings is 1. The summed E-state index contributed by atoms with van der Waals surface area (Å²) in [5.41, 5.74) is 1.70. The Morgan fingerprint density at radius 3 is 2.95 bits per heavy atom. The summed E-state index contributed by atoms with van der Waals surface area (Å²) in [5.74, 6) is -0.0130. The van der Waals surface area contributed by atoms with Gasteiger partial charge in [0.15, 0.2) is 0 Å². The van der Waals surface area contributed by atoms with Crippen molar-refractivity contribution >= 4 is 5.91 Å². The molecule has 4 heteroatoms. The molecule has 0 aliphatic carbocycles. The van der Waals surface area contributed by atoms with E-state index in [-0.39, 0.29) is 5.91 Å². The van der Waals surface area contributed by atoms with Gasteiger partial charge < -0.3 is 4.90 Å². The molecular formula is C15H19N3O. The van der Waals surface area contributed by atoms with Gasteiger partial charge in [0, 0.05) is 31.1 Å². The van der Waals surface area contributed by atoms with Crippen LogP contribution in [0.5, 0.6) is 0 Å². The van der Waals surface area contributed by atoms with E-state index >= 15 is 0 Å². The van der Waals surface area contributed by atoms with Gasteiger partial charge in [-0.15, -0.1) is 0 Å². The second-order valence-corrected chi connectivity index (χ2v) is 4.29. The second-order valence-electron chi connectivity index (χ2n) is 4.29. The lowest BCUT2D eigenvalue weighted by atomic mass is 10.2. The fourth-order valence-electron chi connectivity index (χ4n) is 1.79. The van der Waals surface area contributed by atoms with Crippen molar-refractivity contribution in [1.29, 1.82) is 5.26 Å². The van der Waals surface area contributed by atoms with Gasteiger partial charge in [0.25, 0.3) is 0 Å². The molecule has 0 bridgehead atoms. The summed E-state index contributed by atoms with van der Waals surface area (Å²) >= 11 is 0. The number of carbonyl (C=O) groups excluding carboxylic acids is 1. The minimum atomic E-state index is -0.0130. The summed E-state index contributed by atoms with van der Waals surface area (Å²) in [7, 11) is 0. The molecular weight excluding hydrogens is 238 g/mol. The first-order valence-corrected chi connectivity index (χ1v) is 6.41. The van der Waals surface area contributed by atoms with Crippen LogP contribution in [-0.2, 0) is 11.3 Å². The number of amides is 1. The van der Waals surface area contributed by atoms with Crippen LogP contribution in [0.2, 0.25) is 0 Å². The SMILES string of the molecule is CCC=C(C)C(=O)N(CCC#N)Cc1cccnc1. The average molecular weight is 257 g/mol. The zero-order valence-corrected chi connectivity index (χ0v) is 11.5. The smallest absolute Gasteiger partial charge is 0.249 e. The van der Waals surface area contributed by atoms with E-state index < -0.39 is 0 Å². The number of hydrogen-bond donors (Lipinski definition) is 0. The Hall–Kier alpha value is -2.15. The molecule has 0 saturated carbocycles. The van der Waals surface area contributed by atoms with Gasteiger partial charge in [0.1, 0.15) is 0 Å². The largest absolute Gasteiger partial charge is 0.334 e. The third kappa shape index (κ3) is 4.92. The lowest BCUT2D eigenvalue weighted by Gasteiger charge is -2.22. The Balaban J connectivity index is 2.80. The predicted octanol–water partition coefficient (Wildman–Crippen LogP) is 2.68. The van der Waals surface area contributed by atoms with Gasteiger partial charge in [-0.3, -0.25) is 9.78 Å². The first-order valence-electron chi connectivity index (χ1n) is 6.41. The molecule has 100 valence electrons. The fourth-order valence-corrected chi connectivity index (χ4v) is 1.79. The zero-order valence-electron chi connectivity index (χ0n) is 11.5. The topological polar surface area (TPSA) is 57.0 Å². The van der Waals surface area contributed by atoms with E-state index in [1.165, 1.54) is 0 Å². The molecule has 1 amide bonds. The minimum absolute atomic E-state index is 0.0130. The highest BCUT2D eigenvalue weighted by Crippen LogP contribution is 2.09. The Morgan fingerprint density at radius 1 is 1.58 bits per heavy atom. The van der Waals surface area contributed by atoms with Crippen LogP contribution in [0.1, 0.15) is 32.3 Å². The molecule has 0 aromatic carbocycles. The van der Waals surface area contributed by atoms with Crippen molar-refractivity contribution in [2.75, 3.05) is 6.54 Å². The van der Waals surface area contributed by atoms with Crippen LogP contribution in [0.25, 0.3) is 0 Å². The van der Waals surface area contributed by atoms with Crippen LogP contribution >= 0.6 is 0 Å². The molecule has 1 rings (SSSR count). The summed E-state index contributed by atoms with van der Waals surface area (Å²) in [5, 5.41) is 8.69. The summed E-state index contributed by atoms with van der Waals surface area (Å²) in [6, 6.07) is 5.85. The maximum absolute atomic E-state index is 12.3. The molecule has 0 fully saturated rings. The maximum atomic E-state index is 12.3. The van der Waals surface area contributed by atoms with Crippen LogP contribution < -0.4 is 0 Å². The summed E-state index contributed by atoms with van der Waals surface area (Å²) in [6.45, 7) is 4.74. The van der Waals surface area contributed by atoms with Gasteiger partial charge in [-0.05, 0) is 25.0 Å². The highest BCUT2D eigenvalue weighted by atomic mass is 16.2. The summed E-state index contributed by atoms with van der Waals surface area (Å²) < 4.78 is 0. The van der Waals surface area contributed by atoms with Crippen LogP contribution in [0.3, 0.4) is 0 Å². The van der Waals surface area contributed by atoms with Crippen molar-refractivity contribution in [3.05, 3.63) is 41.7 Å². The van der Waals surface area contributed by atoms with Crippen molar-refractivity contribution in [1.82, 2.24) is 9.88 Å². The highest BCUT2D eigenvalue weighted by molar-refractivity contribution is 5.92. The van der Waals surface area contributed by atoms with Gasteiger partial charge in [-0.1, -0.05) is 19.1 Å². The minimum Gasteiger partial charge on any atom is -0.334 e. The average Bonchev–Trinajstić information content (AvgIpc) is 2.44. The quantitative estimate of drug-likeness (QED) is 0.736. The number of allylic oxidation sites excluding steroid dienone is 1. The van der Waals surface area contributed by atoms with E-state index in [0.717, 1.165) is 17.6 Å². The zero-order chi connectivity index (χ0) is 14.1. The Labute approximate surface area is 114 Å². The van der Waals surface area contributed by atoms with Crippen LogP contribution in [-0.4, -0.2) is 22.3 Å². The van der Waals surface area contributed by atoms with E-state index in [9.17, 15) is 4.79 Å². The van der Waals surface area contributed by atoms with E-state index in [1.807, 2.05) is 32.1 Å². The van der Waals surface area contributed by atoms with Crippen molar-refractivity contribution in [3.63, 3.8) is 0 Å². The first-order chi connectivity index (χ1) is 9.19.